The minimum atomic E-state index is -0.326. The van der Waals surface area contributed by atoms with E-state index in [2.05, 4.69) is 10.2 Å². The molecule has 1 amide bonds. The zero-order valence-corrected chi connectivity index (χ0v) is 11.6. The molecule has 4 heteroatoms. The van der Waals surface area contributed by atoms with E-state index in [0.29, 0.717) is 0 Å². The molecule has 2 unspecified atom stereocenters. The average molecular weight is 253 g/mol. The zero-order valence-electron chi connectivity index (χ0n) is 11.6. The summed E-state index contributed by atoms with van der Waals surface area (Å²) in [4.78, 5) is 14.7. The second-order valence-electron chi connectivity index (χ2n) is 6.07. The molecule has 2 aliphatic rings. The molecule has 1 heterocycles. The molecule has 2 atom stereocenters. The summed E-state index contributed by atoms with van der Waals surface area (Å²) in [7, 11) is 0. The molecular formula is C14H27N3O. The van der Waals surface area contributed by atoms with Gasteiger partial charge in [0, 0.05) is 12.6 Å². The number of carbonyl (C=O) groups is 1. The third-order valence-corrected chi connectivity index (χ3v) is 4.68. The summed E-state index contributed by atoms with van der Waals surface area (Å²) in [5.41, 5.74) is 5.72. The van der Waals surface area contributed by atoms with Gasteiger partial charge in [-0.15, -0.1) is 0 Å². The van der Waals surface area contributed by atoms with Gasteiger partial charge in [0.05, 0.1) is 5.41 Å². The van der Waals surface area contributed by atoms with E-state index >= 15 is 0 Å². The van der Waals surface area contributed by atoms with Gasteiger partial charge in [-0.25, -0.2) is 0 Å². The number of likely N-dealkylation sites (tertiary alicyclic amines) is 1. The van der Waals surface area contributed by atoms with E-state index in [-0.39, 0.29) is 17.4 Å². The van der Waals surface area contributed by atoms with Gasteiger partial charge >= 0.3 is 0 Å². The van der Waals surface area contributed by atoms with Gasteiger partial charge in [-0.1, -0.05) is 6.42 Å². The van der Waals surface area contributed by atoms with Crippen molar-refractivity contribution < 1.29 is 4.79 Å². The van der Waals surface area contributed by atoms with Gasteiger partial charge in [-0.2, -0.15) is 0 Å². The van der Waals surface area contributed by atoms with Crippen LogP contribution >= 0.6 is 0 Å². The number of nitrogens with zero attached hydrogens (tertiary/aromatic N) is 1. The van der Waals surface area contributed by atoms with Crippen molar-refractivity contribution in [3.8, 4) is 0 Å². The Balaban J connectivity index is 1.65. The predicted octanol–water partition coefficient (Wildman–Crippen LogP) is 1.11. The van der Waals surface area contributed by atoms with Gasteiger partial charge in [0.2, 0.25) is 5.91 Å². The molecule has 2 rings (SSSR count). The molecule has 0 spiro atoms. The molecule has 0 radical (unpaired) electrons. The van der Waals surface area contributed by atoms with Crippen LogP contribution in [-0.2, 0) is 4.79 Å². The number of nitrogens with two attached hydrogens (primary N) is 1. The molecule has 0 bridgehead atoms. The Hall–Kier alpha value is -0.610. The summed E-state index contributed by atoms with van der Waals surface area (Å²) in [6.45, 7) is 6.38. The molecule has 18 heavy (non-hydrogen) atoms. The summed E-state index contributed by atoms with van der Waals surface area (Å²) in [6, 6.07) is 0.0380. The number of carbonyl (C=O) groups excluding carboxylic acids is 1. The van der Waals surface area contributed by atoms with Crippen molar-refractivity contribution in [2.45, 2.75) is 51.5 Å². The maximum absolute atomic E-state index is 12.2. The molecule has 1 saturated carbocycles. The van der Waals surface area contributed by atoms with Gasteiger partial charge in [0.25, 0.3) is 0 Å². The van der Waals surface area contributed by atoms with Crippen LogP contribution in [-0.4, -0.2) is 43.0 Å². The Morgan fingerprint density at radius 3 is 2.72 bits per heavy atom. The first-order valence-corrected chi connectivity index (χ1v) is 7.39. The standard InChI is InChI=1S/C14H27N3O/c1-14(7-4-6-12(14)15)13(18)16-8-5-11-17-9-2-3-10-17/h12H,2-11,15H2,1H3,(H,16,18). The summed E-state index contributed by atoms with van der Waals surface area (Å²) in [5, 5.41) is 3.07. The Morgan fingerprint density at radius 2 is 2.11 bits per heavy atom. The normalized spacial score (nSPS) is 32.9. The SMILES string of the molecule is CC1(C(=O)NCCCN2CCCC2)CCCC1N. The zero-order chi connectivity index (χ0) is 13.0. The fourth-order valence-corrected chi connectivity index (χ4v) is 3.19. The van der Waals surface area contributed by atoms with E-state index in [0.717, 1.165) is 38.8 Å². The van der Waals surface area contributed by atoms with E-state index in [9.17, 15) is 4.79 Å². The van der Waals surface area contributed by atoms with Crippen molar-refractivity contribution in [3.63, 3.8) is 0 Å². The lowest BCUT2D eigenvalue weighted by atomic mass is 9.84. The quantitative estimate of drug-likeness (QED) is 0.722. The molecule has 1 aliphatic heterocycles. The summed E-state index contributed by atoms with van der Waals surface area (Å²) < 4.78 is 0. The van der Waals surface area contributed by atoms with Crippen molar-refractivity contribution in [2.24, 2.45) is 11.1 Å². The monoisotopic (exact) mass is 253 g/mol. The number of amides is 1. The minimum absolute atomic E-state index is 0.0380. The van der Waals surface area contributed by atoms with Gasteiger partial charge in [-0.05, 0) is 58.7 Å². The second-order valence-corrected chi connectivity index (χ2v) is 6.07. The number of nitrogens with one attached hydrogen (secondary N) is 1. The summed E-state index contributed by atoms with van der Waals surface area (Å²) >= 11 is 0. The Labute approximate surface area is 110 Å². The average Bonchev–Trinajstić information content (AvgIpc) is 2.97. The van der Waals surface area contributed by atoms with Crippen LogP contribution in [0.15, 0.2) is 0 Å². The van der Waals surface area contributed by atoms with Crippen LogP contribution in [0.4, 0.5) is 0 Å². The number of hydrogen-bond donors (Lipinski definition) is 2. The highest BCUT2D eigenvalue weighted by Gasteiger charge is 2.42. The van der Waals surface area contributed by atoms with Crippen LogP contribution in [0.3, 0.4) is 0 Å². The maximum Gasteiger partial charge on any atom is 0.227 e. The first-order chi connectivity index (χ1) is 8.63. The van der Waals surface area contributed by atoms with Crippen LogP contribution < -0.4 is 11.1 Å². The molecule has 1 saturated heterocycles. The summed E-state index contributed by atoms with van der Waals surface area (Å²) in [5.74, 6) is 0.161. The van der Waals surface area contributed by atoms with Crippen LogP contribution in [0.25, 0.3) is 0 Å². The van der Waals surface area contributed by atoms with E-state index in [1.807, 2.05) is 6.92 Å². The predicted molar refractivity (Wildman–Crippen MR) is 73.2 cm³/mol. The third-order valence-electron chi connectivity index (χ3n) is 4.68. The van der Waals surface area contributed by atoms with Crippen molar-refractivity contribution >= 4 is 5.91 Å². The van der Waals surface area contributed by atoms with Crippen molar-refractivity contribution in [2.75, 3.05) is 26.2 Å². The van der Waals surface area contributed by atoms with Crippen LogP contribution in [0.1, 0.15) is 45.4 Å². The molecule has 3 N–H and O–H groups in total. The van der Waals surface area contributed by atoms with E-state index < -0.39 is 0 Å². The summed E-state index contributed by atoms with van der Waals surface area (Å²) in [6.07, 6.45) is 6.72. The largest absolute Gasteiger partial charge is 0.356 e. The number of hydrogen-bond acceptors (Lipinski definition) is 3. The molecule has 0 aromatic heterocycles. The van der Waals surface area contributed by atoms with Crippen LogP contribution in [0.5, 0.6) is 0 Å². The highest BCUT2D eigenvalue weighted by atomic mass is 16.2. The highest BCUT2D eigenvalue weighted by molar-refractivity contribution is 5.83. The fraction of sp³-hybridized carbons (Fsp3) is 0.929. The van der Waals surface area contributed by atoms with E-state index in [1.54, 1.807) is 0 Å². The van der Waals surface area contributed by atoms with Gasteiger partial charge in [-0.3, -0.25) is 4.79 Å². The topological polar surface area (TPSA) is 58.4 Å². The molecular weight excluding hydrogens is 226 g/mol. The second kappa shape index (κ2) is 6.02. The Morgan fingerprint density at radius 1 is 1.39 bits per heavy atom. The number of rotatable bonds is 5. The first kappa shape index (κ1) is 13.8. The first-order valence-electron chi connectivity index (χ1n) is 7.39. The lowest BCUT2D eigenvalue weighted by Crippen LogP contribution is -2.47. The smallest absolute Gasteiger partial charge is 0.227 e. The lowest BCUT2D eigenvalue weighted by molar-refractivity contribution is -0.130. The molecule has 0 aromatic carbocycles. The highest BCUT2D eigenvalue weighted by Crippen LogP contribution is 2.36. The molecule has 1 aliphatic carbocycles. The van der Waals surface area contributed by atoms with Gasteiger partial charge in [0.1, 0.15) is 0 Å². The van der Waals surface area contributed by atoms with Gasteiger partial charge in [0.15, 0.2) is 0 Å². The van der Waals surface area contributed by atoms with E-state index in [4.69, 9.17) is 5.73 Å². The maximum atomic E-state index is 12.2. The van der Waals surface area contributed by atoms with Crippen LogP contribution in [0.2, 0.25) is 0 Å². The van der Waals surface area contributed by atoms with Crippen molar-refractivity contribution in [1.82, 2.24) is 10.2 Å². The third kappa shape index (κ3) is 3.04. The Kier molecular flexibility index (Phi) is 4.62. The molecule has 0 aromatic rings. The molecule has 2 fully saturated rings. The Bertz CT molecular complexity index is 289. The fourth-order valence-electron chi connectivity index (χ4n) is 3.19. The van der Waals surface area contributed by atoms with Crippen molar-refractivity contribution in [3.05, 3.63) is 0 Å². The molecule has 4 nitrogen and oxygen atoms in total. The van der Waals surface area contributed by atoms with Gasteiger partial charge < -0.3 is 16.0 Å². The molecule has 104 valence electrons. The lowest BCUT2D eigenvalue weighted by Gasteiger charge is -2.27. The van der Waals surface area contributed by atoms with Crippen molar-refractivity contribution in [1.29, 1.82) is 0 Å². The minimum Gasteiger partial charge on any atom is -0.356 e. The van der Waals surface area contributed by atoms with Crippen LogP contribution in [0, 0.1) is 5.41 Å². The van der Waals surface area contributed by atoms with E-state index in [1.165, 1.54) is 25.9 Å².